The van der Waals surface area contributed by atoms with Gasteiger partial charge in [-0.05, 0) is 32.4 Å². The molecule has 0 bridgehead atoms. The molecule has 0 aromatic carbocycles. The molecule has 0 unspecified atom stereocenters. The summed E-state index contributed by atoms with van der Waals surface area (Å²) in [5, 5.41) is 10.0. The Morgan fingerprint density at radius 3 is 2.91 bits per heavy atom. The quantitative estimate of drug-likeness (QED) is 0.857. The Bertz CT molecular complexity index is 658. The zero-order valence-electron chi connectivity index (χ0n) is 12.8. The van der Waals surface area contributed by atoms with E-state index in [-0.39, 0.29) is 12.5 Å². The summed E-state index contributed by atoms with van der Waals surface area (Å²) in [7, 11) is 0. The van der Waals surface area contributed by atoms with Crippen molar-refractivity contribution < 1.29 is 9.53 Å². The molecule has 1 atom stereocenters. The lowest BCUT2D eigenvalue weighted by atomic mass is 9.99. The number of ether oxygens (including phenoxy) is 1. The Kier molecular flexibility index (Phi) is 5.03. The maximum absolute atomic E-state index is 12.3. The first-order valence-electron chi connectivity index (χ1n) is 7.01. The summed E-state index contributed by atoms with van der Waals surface area (Å²) in [6.07, 6.45) is 3.81. The molecule has 0 fully saturated rings. The van der Waals surface area contributed by atoms with E-state index < -0.39 is 5.54 Å². The van der Waals surface area contributed by atoms with E-state index in [1.54, 1.807) is 25.3 Å². The summed E-state index contributed by atoms with van der Waals surface area (Å²) in [5.41, 5.74) is 0.710. The first-order valence-corrected chi connectivity index (χ1v) is 7.39. The number of carbonyl (C=O) groups excluding carboxylic acids is 1. The van der Waals surface area contributed by atoms with Gasteiger partial charge in [-0.25, -0.2) is 4.98 Å². The van der Waals surface area contributed by atoms with Crippen LogP contribution in [-0.2, 0) is 0 Å². The number of hydrogen-bond donors (Lipinski definition) is 2. The van der Waals surface area contributed by atoms with Gasteiger partial charge in [0.2, 0.25) is 5.88 Å². The lowest BCUT2D eigenvalue weighted by molar-refractivity contribution is 0.0859. The fraction of sp³-hybridized carbons (Fsp3) is 0.400. The van der Waals surface area contributed by atoms with Crippen LogP contribution in [-0.4, -0.2) is 33.2 Å². The monoisotopic (exact) mass is 322 g/mol. The second kappa shape index (κ2) is 6.79. The van der Waals surface area contributed by atoms with Crippen molar-refractivity contribution >= 4 is 17.5 Å². The molecule has 0 saturated carbocycles. The van der Waals surface area contributed by atoms with Gasteiger partial charge in [0.1, 0.15) is 11.6 Å². The number of nitrogens with one attached hydrogen (secondary N) is 2. The third-order valence-electron chi connectivity index (χ3n) is 3.52. The van der Waals surface area contributed by atoms with Crippen molar-refractivity contribution in [2.45, 2.75) is 32.7 Å². The second-order valence-corrected chi connectivity index (χ2v) is 5.76. The highest BCUT2D eigenvalue weighted by Gasteiger charge is 2.27. The van der Waals surface area contributed by atoms with Crippen LogP contribution in [0.25, 0.3) is 0 Å². The van der Waals surface area contributed by atoms with E-state index in [1.807, 2.05) is 13.8 Å². The van der Waals surface area contributed by atoms with Gasteiger partial charge in [0.15, 0.2) is 0 Å². The minimum atomic E-state index is -0.540. The molecule has 0 aliphatic rings. The largest absolute Gasteiger partial charge is 0.474 e. The van der Waals surface area contributed by atoms with Crippen LogP contribution in [0, 0.1) is 6.92 Å². The molecule has 2 aromatic rings. The van der Waals surface area contributed by atoms with E-state index in [1.165, 1.54) is 6.20 Å². The van der Waals surface area contributed by atoms with Gasteiger partial charge < -0.3 is 10.1 Å². The van der Waals surface area contributed by atoms with E-state index in [9.17, 15) is 4.79 Å². The lowest BCUT2D eigenvalue weighted by Gasteiger charge is -2.29. The van der Waals surface area contributed by atoms with E-state index in [2.05, 4.69) is 20.5 Å². The standard InChI is InChI=1S/C15H19ClN4O2/c1-4-15(3,9-22-14-12(16)6-5-7-17-14)19-13(21)11-8-18-20-10(11)2/h5-8H,4,9H2,1-3H3,(H,18,20)(H,19,21)/t15-/m0/s1. The van der Waals surface area contributed by atoms with Gasteiger partial charge in [-0.15, -0.1) is 0 Å². The molecule has 0 spiro atoms. The summed E-state index contributed by atoms with van der Waals surface area (Å²) < 4.78 is 5.66. The predicted molar refractivity (Wildman–Crippen MR) is 84.2 cm³/mol. The number of rotatable bonds is 6. The van der Waals surface area contributed by atoms with Crippen LogP contribution >= 0.6 is 11.6 Å². The Labute approximate surface area is 134 Å². The molecule has 118 valence electrons. The molecule has 0 saturated heterocycles. The Morgan fingerprint density at radius 1 is 1.55 bits per heavy atom. The van der Waals surface area contributed by atoms with Crippen LogP contribution < -0.4 is 10.1 Å². The smallest absolute Gasteiger partial charge is 0.255 e. The van der Waals surface area contributed by atoms with Crippen LogP contribution in [0.5, 0.6) is 5.88 Å². The predicted octanol–water partition coefficient (Wildman–Crippen LogP) is 2.74. The Hall–Kier alpha value is -2.08. The highest BCUT2D eigenvalue weighted by atomic mass is 35.5. The number of aromatic amines is 1. The molecule has 2 N–H and O–H groups in total. The van der Waals surface area contributed by atoms with Crippen molar-refractivity contribution in [1.29, 1.82) is 0 Å². The van der Waals surface area contributed by atoms with Crippen molar-refractivity contribution in [3.8, 4) is 5.88 Å². The number of hydrogen-bond acceptors (Lipinski definition) is 4. The van der Waals surface area contributed by atoms with Crippen molar-refractivity contribution in [2.24, 2.45) is 0 Å². The summed E-state index contributed by atoms with van der Waals surface area (Å²) in [5.74, 6) is 0.170. The SMILES string of the molecule is CC[C@@](C)(COc1ncccc1Cl)NC(=O)c1cn[nH]c1C. The number of halogens is 1. The first kappa shape index (κ1) is 16.3. The van der Waals surface area contributed by atoms with E-state index >= 15 is 0 Å². The summed E-state index contributed by atoms with van der Waals surface area (Å²) >= 11 is 6.02. The Morgan fingerprint density at radius 2 is 2.32 bits per heavy atom. The minimum Gasteiger partial charge on any atom is -0.474 e. The van der Waals surface area contributed by atoms with E-state index in [0.29, 0.717) is 22.9 Å². The highest BCUT2D eigenvalue weighted by molar-refractivity contribution is 6.31. The number of amides is 1. The van der Waals surface area contributed by atoms with Gasteiger partial charge in [-0.3, -0.25) is 9.89 Å². The number of pyridine rings is 1. The number of H-pyrrole nitrogens is 1. The van der Waals surface area contributed by atoms with Gasteiger partial charge in [0, 0.05) is 11.9 Å². The summed E-state index contributed by atoms with van der Waals surface area (Å²) in [6.45, 7) is 5.96. The zero-order chi connectivity index (χ0) is 16.2. The molecule has 0 radical (unpaired) electrons. The molecule has 1 amide bonds. The van der Waals surface area contributed by atoms with E-state index in [4.69, 9.17) is 16.3 Å². The number of aromatic nitrogens is 3. The molecule has 2 rings (SSSR count). The van der Waals surface area contributed by atoms with Crippen LogP contribution in [0.3, 0.4) is 0 Å². The van der Waals surface area contributed by atoms with Crippen molar-refractivity contribution in [1.82, 2.24) is 20.5 Å². The van der Waals surface area contributed by atoms with Crippen molar-refractivity contribution in [3.05, 3.63) is 40.8 Å². The van der Waals surface area contributed by atoms with Crippen LogP contribution in [0.15, 0.2) is 24.5 Å². The number of carbonyl (C=O) groups is 1. The molecule has 0 aliphatic heterocycles. The lowest BCUT2D eigenvalue weighted by Crippen LogP contribution is -2.50. The van der Waals surface area contributed by atoms with Crippen LogP contribution in [0.2, 0.25) is 5.02 Å². The molecule has 7 heteroatoms. The summed E-state index contributed by atoms with van der Waals surface area (Å²) in [6, 6.07) is 3.44. The zero-order valence-corrected chi connectivity index (χ0v) is 13.6. The molecular weight excluding hydrogens is 304 g/mol. The van der Waals surface area contributed by atoms with Gasteiger partial charge in [0.05, 0.1) is 17.3 Å². The molecule has 22 heavy (non-hydrogen) atoms. The van der Waals surface area contributed by atoms with Gasteiger partial charge >= 0.3 is 0 Å². The van der Waals surface area contributed by atoms with Crippen molar-refractivity contribution in [3.63, 3.8) is 0 Å². The molecule has 2 aromatic heterocycles. The van der Waals surface area contributed by atoms with E-state index in [0.717, 1.165) is 5.69 Å². The minimum absolute atomic E-state index is 0.189. The normalized spacial score (nSPS) is 13.5. The van der Waals surface area contributed by atoms with Gasteiger partial charge in [-0.2, -0.15) is 5.10 Å². The fourth-order valence-electron chi connectivity index (χ4n) is 1.85. The third kappa shape index (κ3) is 3.76. The molecule has 2 heterocycles. The van der Waals surface area contributed by atoms with Crippen molar-refractivity contribution in [2.75, 3.05) is 6.61 Å². The second-order valence-electron chi connectivity index (χ2n) is 5.36. The highest BCUT2D eigenvalue weighted by Crippen LogP contribution is 2.22. The van der Waals surface area contributed by atoms with Gasteiger partial charge in [-0.1, -0.05) is 18.5 Å². The van der Waals surface area contributed by atoms with Gasteiger partial charge in [0.25, 0.3) is 5.91 Å². The number of aryl methyl sites for hydroxylation is 1. The fourth-order valence-corrected chi connectivity index (χ4v) is 2.03. The summed E-state index contributed by atoms with van der Waals surface area (Å²) in [4.78, 5) is 16.4. The average Bonchev–Trinajstić information content (AvgIpc) is 2.93. The maximum atomic E-state index is 12.3. The van der Waals surface area contributed by atoms with Crippen LogP contribution in [0.4, 0.5) is 0 Å². The Balaban J connectivity index is 2.04. The average molecular weight is 323 g/mol. The third-order valence-corrected chi connectivity index (χ3v) is 3.81. The molecule has 0 aliphatic carbocycles. The maximum Gasteiger partial charge on any atom is 0.255 e. The number of nitrogens with zero attached hydrogens (tertiary/aromatic N) is 2. The topological polar surface area (TPSA) is 79.9 Å². The molecular formula is C15H19ClN4O2. The molecule has 6 nitrogen and oxygen atoms in total. The first-order chi connectivity index (χ1) is 10.4. The van der Waals surface area contributed by atoms with Crippen LogP contribution in [0.1, 0.15) is 36.3 Å².